The molecule has 3 heterocycles. The predicted octanol–water partition coefficient (Wildman–Crippen LogP) is 3.47. The van der Waals surface area contributed by atoms with Gasteiger partial charge in [-0.25, -0.2) is 9.97 Å². The first kappa shape index (κ1) is 35.2. The van der Waals surface area contributed by atoms with Crippen LogP contribution in [-0.2, 0) is 24.0 Å². The zero-order chi connectivity index (χ0) is 32.2. The van der Waals surface area contributed by atoms with E-state index in [1.807, 2.05) is 79.7 Å². The van der Waals surface area contributed by atoms with Gasteiger partial charge in [0.25, 0.3) is 5.56 Å². The van der Waals surface area contributed by atoms with Crippen LogP contribution in [0, 0.1) is 0 Å². The topological polar surface area (TPSA) is 115 Å². The van der Waals surface area contributed by atoms with Crippen LogP contribution in [0.25, 0.3) is 28.2 Å². The molecule has 0 aliphatic carbocycles. The van der Waals surface area contributed by atoms with Gasteiger partial charge in [-0.15, -0.1) is 0 Å². The number of rotatable bonds is 10. The minimum absolute atomic E-state index is 0. The summed E-state index contributed by atoms with van der Waals surface area (Å²) < 4.78 is 18.6. The van der Waals surface area contributed by atoms with E-state index < -0.39 is 6.08 Å². The van der Waals surface area contributed by atoms with Gasteiger partial charge in [0.15, 0.2) is 11.9 Å². The fourth-order valence-corrected chi connectivity index (χ4v) is 6.34. The van der Waals surface area contributed by atoms with Crippen molar-refractivity contribution in [1.82, 2.24) is 19.7 Å². The Kier molecular flexibility index (Phi) is 11.9. The van der Waals surface area contributed by atoms with Crippen molar-refractivity contribution in [3.8, 4) is 40.0 Å². The number of aryl methyl sites for hydroxylation is 2. The molecule has 1 fully saturated rings. The van der Waals surface area contributed by atoms with Gasteiger partial charge in [-0.05, 0) is 61.2 Å². The summed E-state index contributed by atoms with van der Waals surface area (Å²) in [5.41, 5.74) is 5.81. The second-order valence-corrected chi connectivity index (χ2v) is 12.0. The van der Waals surface area contributed by atoms with E-state index in [1.54, 1.807) is 4.57 Å². The molecule has 1 saturated heterocycles. The molecule has 0 amide bonds. The first-order valence-electron chi connectivity index (χ1n) is 16.1. The van der Waals surface area contributed by atoms with Crippen molar-refractivity contribution in [2.45, 2.75) is 84.5 Å². The number of hydrogen-bond acceptors (Lipinski definition) is 8. The molecule has 238 valence electrons. The quantitative estimate of drug-likeness (QED) is 0.210. The van der Waals surface area contributed by atoms with E-state index in [1.165, 1.54) is 0 Å². The third kappa shape index (κ3) is 8.13. The monoisotopic (exact) mass is 658 g/mol. The largest absolute Gasteiger partial charge is 1.00 e. The molecule has 1 aliphatic heterocycles. The Bertz CT molecular complexity index is 1840. The van der Waals surface area contributed by atoms with Gasteiger partial charge in [-0.2, -0.15) is 5.16 Å². The summed E-state index contributed by atoms with van der Waals surface area (Å²) in [5.74, 6) is 1.78. The molecular formula is C37H39KN4O5. The Balaban J connectivity index is 0.00000433. The standard InChI is InChI=1S/C37H40N4O5.K/c1-5-9-33-32(22-25-12-14-26(15-13-25)30-10-7-8-11-31(30)35-39-37(43)46-40-35)36(42)41(34(6-2)38-33)27-16-18-28(19-17-27)45-29-20-23(3)44-24(4)21-29;/h7-8,10-19,23-24,29H,5-6,9,20-22H2,1-4H3,(H,39,40,43);/q;+1/p-1/t23-,24+,29?;. The van der Waals surface area contributed by atoms with Crippen LogP contribution in [0.4, 0.5) is 0 Å². The van der Waals surface area contributed by atoms with Crippen molar-refractivity contribution in [2.24, 2.45) is 0 Å². The SMILES string of the molecule is CCCc1nc(CC)n(-c2ccc(OC3C[C@@H](C)O[C@@H](C)C3)cc2)c(=O)c1Cc1ccc(-c2ccccc2-c2noc([O-])n2)cc1.[K+]. The van der Waals surface area contributed by atoms with E-state index >= 15 is 0 Å². The molecule has 0 saturated carbocycles. The van der Waals surface area contributed by atoms with Crippen LogP contribution in [0.2, 0.25) is 0 Å². The summed E-state index contributed by atoms with van der Waals surface area (Å²) in [6, 6.07) is 23.5. The molecule has 3 aromatic carbocycles. The molecule has 1 aliphatic rings. The Hall–Kier alpha value is -3.12. The van der Waals surface area contributed by atoms with Crippen molar-refractivity contribution in [2.75, 3.05) is 0 Å². The first-order chi connectivity index (χ1) is 22.3. The smallest absolute Gasteiger partial charge is 0.528 e. The first-order valence-corrected chi connectivity index (χ1v) is 16.1. The number of aromatic nitrogens is 4. The molecule has 1 unspecified atom stereocenters. The molecule has 6 rings (SSSR count). The molecule has 9 nitrogen and oxygen atoms in total. The predicted molar refractivity (Wildman–Crippen MR) is 174 cm³/mol. The maximum absolute atomic E-state index is 14.2. The van der Waals surface area contributed by atoms with E-state index in [4.69, 9.17) is 14.5 Å². The average Bonchev–Trinajstić information content (AvgIpc) is 3.49. The molecule has 0 spiro atoms. The van der Waals surface area contributed by atoms with Gasteiger partial charge in [0.2, 0.25) is 0 Å². The third-order valence-electron chi connectivity index (χ3n) is 8.41. The van der Waals surface area contributed by atoms with Gasteiger partial charge in [0, 0.05) is 36.8 Å². The van der Waals surface area contributed by atoms with Crippen molar-refractivity contribution in [3.63, 3.8) is 0 Å². The van der Waals surface area contributed by atoms with Crippen LogP contribution >= 0.6 is 0 Å². The summed E-state index contributed by atoms with van der Waals surface area (Å²) in [6.07, 6.45) is 4.12. The van der Waals surface area contributed by atoms with Gasteiger partial charge in [0.1, 0.15) is 17.7 Å². The van der Waals surface area contributed by atoms with Crippen molar-refractivity contribution >= 4 is 0 Å². The molecule has 0 N–H and O–H groups in total. The summed E-state index contributed by atoms with van der Waals surface area (Å²) in [7, 11) is 0. The van der Waals surface area contributed by atoms with Crippen LogP contribution in [0.1, 0.15) is 69.6 Å². The molecule has 10 heteroatoms. The summed E-state index contributed by atoms with van der Waals surface area (Å²) in [4.78, 5) is 23.1. The molecule has 0 bridgehead atoms. The Morgan fingerprint density at radius 2 is 1.60 bits per heavy atom. The van der Waals surface area contributed by atoms with Crippen LogP contribution in [0.5, 0.6) is 11.8 Å². The molecule has 47 heavy (non-hydrogen) atoms. The van der Waals surface area contributed by atoms with E-state index in [0.29, 0.717) is 24.0 Å². The number of hydrogen-bond donors (Lipinski definition) is 0. The normalized spacial score (nSPS) is 17.7. The third-order valence-corrected chi connectivity index (χ3v) is 8.41. The second-order valence-electron chi connectivity index (χ2n) is 12.0. The Morgan fingerprint density at radius 1 is 0.915 bits per heavy atom. The van der Waals surface area contributed by atoms with Crippen molar-refractivity contribution < 1.29 is 70.5 Å². The fourth-order valence-electron chi connectivity index (χ4n) is 6.34. The van der Waals surface area contributed by atoms with Gasteiger partial charge < -0.3 is 19.1 Å². The van der Waals surface area contributed by atoms with E-state index in [-0.39, 0.29) is 81.1 Å². The van der Waals surface area contributed by atoms with E-state index in [2.05, 4.69) is 35.4 Å². The fraction of sp³-hybridized carbons (Fsp3) is 0.351. The number of ether oxygens (including phenoxy) is 2. The minimum atomic E-state index is -0.722. The van der Waals surface area contributed by atoms with E-state index in [0.717, 1.165) is 65.3 Å². The molecule has 0 radical (unpaired) electrons. The van der Waals surface area contributed by atoms with Crippen LogP contribution < -0.4 is 66.8 Å². The molecular weight excluding hydrogens is 620 g/mol. The Labute approximate surface area is 317 Å². The average molecular weight is 659 g/mol. The zero-order valence-electron chi connectivity index (χ0n) is 27.7. The summed E-state index contributed by atoms with van der Waals surface area (Å²) >= 11 is 0. The van der Waals surface area contributed by atoms with Gasteiger partial charge in [0.05, 0.1) is 23.6 Å². The zero-order valence-corrected chi connectivity index (χ0v) is 30.9. The summed E-state index contributed by atoms with van der Waals surface area (Å²) in [6.45, 7) is 8.30. The number of nitrogens with zero attached hydrogens (tertiary/aromatic N) is 4. The van der Waals surface area contributed by atoms with Crippen LogP contribution in [0.15, 0.2) is 82.1 Å². The van der Waals surface area contributed by atoms with Gasteiger partial charge in [-0.1, -0.05) is 68.8 Å². The number of benzene rings is 3. The molecule has 2 aromatic heterocycles. The Morgan fingerprint density at radius 3 is 2.21 bits per heavy atom. The van der Waals surface area contributed by atoms with Gasteiger partial charge >= 0.3 is 51.4 Å². The maximum Gasteiger partial charge on any atom is 1.00 e. The van der Waals surface area contributed by atoms with Crippen LogP contribution in [0.3, 0.4) is 0 Å². The summed E-state index contributed by atoms with van der Waals surface area (Å²) in [5, 5.41) is 15.3. The van der Waals surface area contributed by atoms with Crippen molar-refractivity contribution in [3.05, 3.63) is 106 Å². The second kappa shape index (κ2) is 15.8. The van der Waals surface area contributed by atoms with Crippen molar-refractivity contribution in [1.29, 1.82) is 0 Å². The molecule has 3 atom stereocenters. The van der Waals surface area contributed by atoms with Gasteiger partial charge in [-0.3, -0.25) is 9.36 Å². The van der Waals surface area contributed by atoms with Crippen LogP contribution in [-0.4, -0.2) is 38.0 Å². The van der Waals surface area contributed by atoms with E-state index in [9.17, 15) is 9.90 Å². The molecule has 5 aromatic rings. The maximum atomic E-state index is 14.2. The minimum Gasteiger partial charge on any atom is -0.528 e.